The minimum absolute atomic E-state index is 1.08. The van der Waals surface area contributed by atoms with Crippen LogP contribution in [0.15, 0.2) is 35.5 Å². The van der Waals surface area contributed by atoms with Crippen LogP contribution in [-0.2, 0) is 0 Å². The highest BCUT2D eigenvalue weighted by molar-refractivity contribution is 5.37. The lowest BCUT2D eigenvalue weighted by atomic mass is 9.98. The van der Waals surface area contributed by atoms with E-state index in [1.807, 2.05) is 6.08 Å². The molecule has 0 aromatic carbocycles. The predicted octanol–water partition coefficient (Wildman–Crippen LogP) is 4.26. The van der Waals surface area contributed by atoms with Crippen molar-refractivity contribution in [1.29, 1.82) is 0 Å². The van der Waals surface area contributed by atoms with Crippen molar-refractivity contribution in [2.24, 2.45) is 0 Å². The monoisotopic (exact) mass is 164 g/mol. The lowest BCUT2D eigenvalue weighted by Gasteiger charge is -2.08. The molecule has 0 atom stereocenters. The van der Waals surface area contributed by atoms with E-state index in [0.717, 1.165) is 12.8 Å². The normalized spacial score (nSPS) is 14.2. The molecule has 0 amide bonds. The third kappa shape index (κ3) is 2.69. The van der Waals surface area contributed by atoms with Gasteiger partial charge in [0.05, 0.1) is 0 Å². The van der Waals surface area contributed by atoms with Crippen molar-refractivity contribution in [2.75, 3.05) is 0 Å². The quantitative estimate of drug-likeness (QED) is 0.545. The molecule has 0 N–H and O–H groups in total. The average molecular weight is 164 g/mol. The van der Waals surface area contributed by atoms with Crippen molar-refractivity contribution in [3.8, 4) is 0 Å². The van der Waals surface area contributed by atoms with Crippen LogP contribution in [0.25, 0.3) is 0 Å². The van der Waals surface area contributed by atoms with Crippen LogP contribution in [0.5, 0.6) is 0 Å². The zero-order valence-corrected chi connectivity index (χ0v) is 8.78. The highest BCUT2D eigenvalue weighted by Gasteiger charge is 1.99. The third-order valence-corrected chi connectivity index (χ3v) is 2.32. The van der Waals surface area contributed by atoms with Gasteiger partial charge >= 0.3 is 0 Å². The van der Waals surface area contributed by atoms with Crippen molar-refractivity contribution in [3.63, 3.8) is 0 Å². The molecular formula is C12H20. The third-order valence-electron chi connectivity index (χ3n) is 2.32. The zero-order chi connectivity index (χ0) is 9.56. The topological polar surface area (TPSA) is 0 Å². The molecule has 0 heterocycles. The van der Waals surface area contributed by atoms with Gasteiger partial charge in [0.15, 0.2) is 0 Å². The predicted molar refractivity (Wildman–Crippen MR) is 57.2 cm³/mol. The van der Waals surface area contributed by atoms with Gasteiger partial charge in [-0.25, -0.2) is 0 Å². The van der Waals surface area contributed by atoms with E-state index in [9.17, 15) is 0 Å². The summed E-state index contributed by atoms with van der Waals surface area (Å²) in [5.41, 5.74) is 4.20. The van der Waals surface area contributed by atoms with E-state index in [1.54, 1.807) is 0 Å². The fourth-order valence-electron chi connectivity index (χ4n) is 1.45. The molecule has 0 bridgehead atoms. The Morgan fingerprint density at radius 3 is 2.08 bits per heavy atom. The number of allylic oxidation sites excluding steroid dienone is 5. The van der Waals surface area contributed by atoms with Crippen molar-refractivity contribution < 1.29 is 0 Å². The van der Waals surface area contributed by atoms with E-state index in [4.69, 9.17) is 0 Å². The Balaban J connectivity index is 4.84. The Labute approximate surface area is 76.7 Å². The smallest absolute Gasteiger partial charge is 0.0305 e. The van der Waals surface area contributed by atoms with Gasteiger partial charge in [0.2, 0.25) is 0 Å². The van der Waals surface area contributed by atoms with Gasteiger partial charge in [0, 0.05) is 0 Å². The molecule has 0 spiro atoms. The van der Waals surface area contributed by atoms with Crippen LogP contribution in [-0.4, -0.2) is 0 Å². The Morgan fingerprint density at radius 1 is 1.25 bits per heavy atom. The maximum Gasteiger partial charge on any atom is -0.0305 e. The van der Waals surface area contributed by atoms with Gasteiger partial charge in [-0.2, -0.15) is 0 Å². The molecule has 0 aliphatic rings. The van der Waals surface area contributed by atoms with Crippen LogP contribution in [0, 0.1) is 0 Å². The van der Waals surface area contributed by atoms with Gasteiger partial charge < -0.3 is 0 Å². The largest absolute Gasteiger partial charge is 0.0988 e. The van der Waals surface area contributed by atoms with Crippen LogP contribution in [0.4, 0.5) is 0 Å². The van der Waals surface area contributed by atoms with Gasteiger partial charge in [0.25, 0.3) is 0 Å². The molecule has 0 nitrogen and oxygen atoms in total. The van der Waals surface area contributed by atoms with E-state index >= 15 is 0 Å². The van der Waals surface area contributed by atoms with Crippen LogP contribution in [0.1, 0.15) is 40.5 Å². The number of rotatable bonds is 4. The Kier molecular flexibility index (Phi) is 5.44. The summed E-state index contributed by atoms with van der Waals surface area (Å²) in [7, 11) is 0. The lowest BCUT2D eigenvalue weighted by molar-refractivity contribution is 1.04. The van der Waals surface area contributed by atoms with Gasteiger partial charge in [-0.05, 0) is 43.4 Å². The van der Waals surface area contributed by atoms with Crippen molar-refractivity contribution >= 4 is 0 Å². The molecule has 0 aliphatic heterocycles. The highest BCUT2D eigenvalue weighted by atomic mass is 14.1. The lowest BCUT2D eigenvalue weighted by Crippen LogP contribution is -1.88. The second kappa shape index (κ2) is 5.82. The molecule has 0 aliphatic carbocycles. The first-order valence-corrected chi connectivity index (χ1v) is 4.68. The molecule has 0 radical (unpaired) electrons. The van der Waals surface area contributed by atoms with Gasteiger partial charge in [0.1, 0.15) is 0 Å². The summed E-state index contributed by atoms with van der Waals surface area (Å²) in [6.07, 6.45) is 6.34. The maximum atomic E-state index is 3.82. The second-order valence-electron chi connectivity index (χ2n) is 2.88. The molecule has 0 saturated heterocycles. The summed E-state index contributed by atoms with van der Waals surface area (Å²) < 4.78 is 0. The van der Waals surface area contributed by atoms with E-state index in [-0.39, 0.29) is 0 Å². The molecule has 0 aromatic rings. The summed E-state index contributed by atoms with van der Waals surface area (Å²) in [4.78, 5) is 0. The Hall–Kier alpha value is -0.780. The fourth-order valence-corrected chi connectivity index (χ4v) is 1.45. The maximum absolute atomic E-state index is 3.82. The molecule has 68 valence electrons. The molecule has 0 fully saturated rings. The molecular weight excluding hydrogens is 144 g/mol. The van der Waals surface area contributed by atoms with E-state index in [2.05, 4.69) is 40.3 Å². The molecule has 12 heavy (non-hydrogen) atoms. The first-order chi connectivity index (χ1) is 5.71. The first kappa shape index (κ1) is 11.2. The molecule has 0 unspecified atom stereocenters. The van der Waals surface area contributed by atoms with Gasteiger partial charge in [-0.15, -0.1) is 0 Å². The number of hydrogen-bond acceptors (Lipinski definition) is 0. The summed E-state index contributed by atoms with van der Waals surface area (Å²) in [5, 5.41) is 0. The van der Waals surface area contributed by atoms with Crippen LogP contribution < -0.4 is 0 Å². The van der Waals surface area contributed by atoms with Crippen LogP contribution in [0.3, 0.4) is 0 Å². The minimum Gasteiger partial charge on any atom is -0.0988 e. The van der Waals surface area contributed by atoms with E-state index in [0.29, 0.717) is 0 Å². The molecule has 0 heteroatoms. The average Bonchev–Trinajstić information content (AvgIpc) is 2.09. The summed E-state index contributed by atoms with van der Waals surface area (Å²) in [5.74, 6) is 0. The zero-order valence-electron chi connectivity index (χ0n) is 8.78. The summed E-state index contributed by atoms with van der Waals surface area (Å²) in [6, 6.07) is 0. The summed E-state index contributed by atoms with van der Waals surface area (Å²) >= 11 is 0. The van der Waals surface area contributed by atoms with Crippen molar-refractivity contribution in [2.45, 2.75) is 40.5 Å². The highest BCUT2D eigenvalue weighted by Crippen LogP contribution is 2.19. The van der Waals surface area contributed by atoms with Gasteiger partial charge in [-0.3, -0.25) is 0 Å². The molecule has 0 aromatic heterocycles. The fraction of sp³-hybridized carbons (Fsp3) is 0.500. The van der Waals surface area contributed by atoms with E-state index < -0.39 is 0 Å². The standard InChI is InChI=1S/C12H20/c1-6-11(7-2)10(5)12(8-3)9-4/h6,8H,1,7,9H2,2-5H3/b11-10+,12-8-. The Morgan fingerprint density at radius 2 is 1.83 bits per heavy atom. The van der Waals surface area contributed by atoms with Crippen molar-refractivity contribution in [1.82, 2.24) is 0 Å². The SMILES string of the molecule is C=C/C(CC)=C(C)\C(=C/C)CC. The van der Waals surface area contributed by atoms with Crippen LogP contribution >= 0.6 is 0 Å². The molecule has 0 saturated carbocycles. The summed E-state index contributed by atoms with van der Waals surface area (Å²) in [6.45, 7) is 12.5. The number of hydrogen-bond donors (Lipinski definition) is 0. The minimum atomic E-state index is 1.08. The van der Waals surface area contributed by atoms with Crippen molar-refractivity contribution in [3.05, 3.63) is 35.5 Å². The Bertz CT molecular complexity index is 204. The van der Waals surface area contributed by atoms with Crippen LogP contribution in [0.2, 0.25) is 0 Å². The van der Waals surface area contributed by atoms with Gasteiger partial charge in [-0.1, -0.05) is 32.6 Å². The van der Waals surface area contributed by atoms with E-state index in [1.165, 1.54) is 16.7 Å². The second-order valence-corrected chi connectivity index (χ2v) is 2.88. The first-order valence-electron chi connectivity index (χ1n) is 4.68. The molecule has 0 rings (SSSR count).